The highest BCUT2D eigenvalue weighted by Crippen LogP contribution is 2.23. The Morgan fingerprint density at radius 2 is 1.81 bits per heavy atom. The second-order valence-electron chi connectivity index (χ2n) is 5.94. The van der Waals surface area contributed by atoms with Crippen LogP contribution in [0, 0.1) is 0 Å². The van der Waals surface area contributed by atoms with E-state index in [-0.39, 0.29) is 18.0 Å². The van der Waals surface area contributed by atoms with Crippen molar-refractivity contribution < 1.29 is 14.0 Å². The lowest BCUT2D eigenvalue weighted by Crippen LogP contribution is -2.31. The van der Waals surface area contributed by atoms with Gasteiger partial charge in [-0.3, -0.25) is 4.79 Å². The summed E-state index contributed by atoms with van der Waals surface area (Å²) in [6.45, 7) is 4.29. The minimum atomic E-state index is -0.344. The van der Waals surface area contributed by atoms with Crippen LogP contribution in [0.25, 0.3) is 11.0 Å². The monoisotopic (exact) mass is 351 g/mol. The Morgan fingerprint density at radius 1 is 1.08 bits per heavy atom. The highest BCUT2D eigenvalue weighted by atomic mass is 16.3. The molecule has 0 bridgehead atoms. The number of hydrogen-bond donors (Lipinski definition) is 3. The van der Waals surface area contributed by atoms with E-state index in [4.69, 9.17) is 4.42 Å². The number of rotatable bonds is 5. The number of nitrogens with one attached hydrogen (secondary N) is 3. The highest BCUT2D eigenvalue weighted by molar-refractivity contribution is 5.95. The van der Waals surface area contributed by atoms with Crippen LogP contribution >= 0.6 is 0 Å². The molecular formula is C20H21N3O3. The van der Waals surface area contributed by atoms with E-state index in [0.29, 0.717) is 23.6 Å². The molecule has 3 aromatic rings. The van der Waals surface area contributed by atoms with Crippen molar-refractivity contribution >= 4 is 28.6 Å². The maximum absolute atomic E-state index is 12.2. The fourth-order valence-corrected chi connectivity index (χ4v) is 2.62. The van der Waals surface area contributed by atoms with Crippen LogP contribution in [-0.4, -0.2) is 18.5 Å². The zero-order chi connectivity index (χ0) is 18.5. The van der Waals surface area contributed by atoms with Gasteiger partial charge in [0.25, 0.3) is 5.91 Å². The predicted molar refractivity (Wildman–Crippen MR) is 101 cm³/mol. The molecule has 2 aromatic carbocycles. The van der Waals surface area contributed by atoms with Gasteiger partial charge < -0.3 is 20.4 Å². The molecule has 0 aliphatic carbocycles. The normalized spacial score (nSPS) is 11.8. The van der Waals surface area contributed by atoms with Crippen molar-refractivity contribution in [2.24, 2.45) is 0 Å². The van der Waals surface area contributed by atoms with Gasteiger partial charge in [0.05, 0.1) is 6.04 Å². The van der Waals surface area contributed by atoms with Crippen molar-refractivity contribution in [2.45, 2.75) is 19.9 Å². The molecular weight excluding hydrogens is 330 g/mol. The summed E-state index contributed by atoms with van der Waals surface area (Å²) in [5, 5.41) is 9.32. The fraction of sp³-hybridized carbons (Fsp3) is 0.200. The molecule has 1 atom stereocenters. The zero-order valence-corrected chi connectivity index (χ0v) is 14.7. The van der Waals surface area contributed by atoms with E-state index in [1.54, 1.807) is 24.3 Å². The quantitative estimate of drug-likeness (QED) is 0.648. The van der Waals surface area contributed by atoms with Crippen LogP contribution in [0.5, 0.6) is 0 Å². The Kier molecular flexibility index (Phi) is 5.22. The van der Waals surface area contributed by atoms with Gasteiger partial charge in [-0.15, -0.1) is 0 Å². The van der Waals surface area contributed by atoms with E-state index in [2.05, 4.69) is 16.0 Å². The SMILES string of the molecule is CCNC(=O)c1ccc(NC(=O)N[C@@H](C)c2cc3ccccc3o2)cc1. The molecule has 3 rings (SSSR count). The first-order chi connectivity index (χ1) is 12.6. The average Bonchev–Trinajstić information content (AvgIpc) is 3.07. The lowest BCUT2D eigenvalue weighted by molar-refractivity contribution is 0.0956. The molecule has 0 radical (unpaired) electrons. The van der Waals surface area contributed by atoms with E-state index in [9.17, 15) is 9.59 Å². The molecule has 0 saturated heterocycles. The Labute approximate surface area is 151 Å². The summed E-state index contributed by atoms with van der Waals surface area (Å²) in [6, 6.07) is 15.7. The third-order valence-corrected chi connectivity index (χ3v) is 3.96. The van der Waals surface area contributed by atoms with E-state index in [0.717, 1.165) is 11.0 Å². The van der Waals surface area contributed by atoms with Crippen molar-refractivity contribution in [3.63, 3.8) is 0 Å². The molecule has 6 heteroatoms. The van der Waals surface area contributed by atoms with Crippen molar-refractivity contribution in [1.29, 1.82) is 0 Å². The number of para-hydroxylation sites is 1. The maximum atomic E-state index is 12.2. The van der Waals surface area contributed by atoms with Crippen molar-refractivity contribution in [3.05, 3.63) is 65.9 Å². The van der Waals surface area contributed by atoms with Crippen LogP contribution in [0.3, 0.4) is 0 Å². The first kappa shape index (κ1) is 17.5. The van der Waals surface area contributed by atoms with Crippen LogP contribution in [0.4, 0.5) is 10.5 Å². The maximum Gasteiger partial charge on any atom is 0.319 e. The molecule has 1 aromatic heterocycles. The number of furan rings is 1. The molecule has 0 aliphatic heterocycles. The molecule has 3 N–H and O–H groups in total. The second kappa shape index (κ2) is 7.74. The minimum Gasteiger partial charge on any atom is -0.459 e. The largest absolute Gasteiger partial charge is 0.459 e. The fourth-order valence-electron chi connectivity index (χ4n) is 2.62. The van der Waals surface area contributed by atoms with Crippen LogP contribution in [0.1, 0.15) is 36.0 Å². The number of amides is 3. The van der Waals surface area contributed by atoms with Crippen LogP contribution < -0.4 is 16.0 Å². The van der Waals surface area contributed by atoms with Crippen molar-refractivity contribution in [3.8, 4) is 0 Å². The Balaban J connectivity index is 1.60. The van der Waals surface area contributed by atoms with Gasteiger partial charge in [0.2, 0.25) is 0 Å². The number of benzene rings is 2. The minimum absolute atomic E-state index is 0.137. The standard InChI is InChI=1S/C20H21N3O3/c1-3-21-19(24)14-8-10-16(11-9-14)23-20(25)22-13(2)18-12-15-6-4-5-7-17(15)26-18/h4-13H,3H2,1-2H3,(H,21,24)(H2,22,23,25)/t13-/m0/s1. The van der Waals surface area contributed by atoms with Gasteiger partial charge in [0.1, 0.15) is 11.3 Å². The zero-order valence-electron chi connectivity index (χ0n) is 14.7. The second-order valence-corrected chi connectivity index (χ2v) is 5.94. The summed E-state index contributed by atoms with van der Waals surface area (Å²) in [5.41, 5.74) is 1.94. The lowest BCUT2D eigenvalue weighted by atomic mass is 10.2. The Morgan fingerprint density at radius 3 is 2.50 bits per heavy atom. The van der Waals surface area contributed by atoms with Gasteiger partial charge in [0, 0.05) is 23.2 Å². The summed E-state index contributed by atoms with van der Waals surface area (Å²) in [5.74, 6) is 0.551. The van der Waals surface area contributed by atoms with Gasteiger partial charge >= 0.3 is 6.03 Å². The molecule has 0 spiro atoms. The lowest BCUT2D eigenvalue weighted by Gasteiger charge is -2.12. The third-order valence-electron chi connectivity index (χ3n) is 3.96. The highest BCUT2D eigenvalue weighted by Gasteiger charge is 2.14. The number of carbonyl (C=O) groups is 2. The Bertz CT molecular complexity index is 882. The molecule has 1 heterocycles. The molecule has 134 valence electrons. The van der Waals surface area contributed by atoms with E-state index in [1.165, 1.54) is 0 Å². The van der Waals surface area contributed by atoms with Gasteiger partial charge in [-0.1, -0.05) is 18.2 Å². The van der Waals surface area contributed by atoms with Gasteiger partial charge in [-0.05, 0) is 50.2 Å². The molecule has 0 fully saturated rings. The smallest absolute Gasteiger partial charge is 0.319 e. The summed E-state index contributed by atoms with van der Waals surface area (Å²) in [7, 11) is 0. The first-order valence-electron chi connectivity index (χ1n) is 8.51. The van der Waals surface area contributed by atoms with Crippen LogP contribution in [0.15, 0.2) is 59.0 Å². The first-order valence-corrected chi connectivity index (χ1v) is 8.51. The summed E-state index contributed by atoms with van der Waals surface area (Å²) in [4.78, 5) is 23.9. The topological polar surface area (TPSA) is 83.4 Å². The number of hydrogen-bond acceptors (Lipinski definition) is 3. The van der Waals surface area contributed by atoms with Crippen molar-refractivity contribution in [2.75, 3.05) is 11.9 Å². The van der Waals surface area contributed by atoms with E-state index >= 15 is 0 Å². The molecule has 3 amide bonds. The summed E-state index contributed by atoms with van der Waals surface area (Å²) in [6.07, 6.45) is 0. The number of fused-ring (bicyclic) bond motifs is 1. The van der Waals surface area contributed by atoms with Gasteiger partial charge in [-0.25, -0.2) is 4.79 Å². The summed E-state index contributed by atoms with van der Waals surface area (Å²) < 4.78 is 5.76. The molecule has 0 saturated carbocycles. The third kappa shape index (κ3) is 4.03. The van der Waals surface area contributed by atoms with E-state index < -0.39 is 0 Å². The van der Waals surface area contributed by atoms with Gasteiger partial charge in [-0.2, -0.15) is 0 Å². The predicted octanol–water partition coefficient (Wildman–Crippen LogP) is 4.07. The average molecular weight is 351 g/mol. The van der Waals surface area contributed by atoms with Crippen molar-refractivity contribution in [1.82, 2.24) is 10.6 Å². The molecule has 26 heavy (non-hydrogen) atoms. The molecule has 0 unspecified atom stereocenters. The molecule has 6 nitrogen and oxygen atoms in total. The van der Waals surface area contributed by atoms with Crippen LogP contribution in [0.2, 0.25) is 0 Å². The number of urea groups is 1. The number of anilines is 1. The Hall–Kier alpha value is -3.28. The van der Waals surface area contributed by atoms with E-state index in [1.807, 2.05) is 44.2 Å². The van der Waals surface area contributed by atoms with Gasteiger partial charge in [0.15, 0.2) is 0 Å². The molecule has 0 aliphatic rings. The number of carbonyl (C=O) groups excluding carboxylic acids is 2. The van der Waals surface area contributed by atoms with Crippen LogP contribution in [-0.2, 0) is 0 Å². The summed E-state index contributed by atoms with van der Waals surface area (Å²) >= 11 is 0.